The summed E-state index contributed by atoms with van der Waals surface area (Å²) in [4.78, 5) is 0. The van der Waals surface area contributed by atoms with E-state index in [0.717, 1.165) is 0 Å². The average Bonchev–Trinajstić information content (AvgIpc) is 2.38. The molecular weight excluding hydrogens is 291 g/mol. The predicted octanol–water partition coefficient (Wildman–Crippen LogP) is 2.23. The van der Waals surface area contributed by atoms with Crippen molar-refractivity contribution in [2.75, 3.05) is 24.0 Å². The van der Waals surface area contributed by atoms with Crippen LogP contribution in [0.3, 0.4) is 0 Å². The largest absolute Gasteiger partial charge is 0.491 e. The third kappa shape index (κ3) is 5.50. The van der Waals surface area contributed by atoms with E-state index in [0.29, 0.717) is 11.3 Å². The SMILES string of the molecule is CCS(=O)(=O)CCOc1ccc(F)cc1C#CCCl. The fraction of sp³-hybridized carbons (Fsp3) is 0.385. The predicted molar refractivity (Wildman–Crippen MR) is 73.8 cm³/mol. The monoisotopic (exact) mass is 304 g/mol. The van der Waals surface area contributed by atoms with E-state index in [4.69, 9.17) is 16.3 Å². The maximum atomic E-state index is 13.1. The Morgan fingerprint density at radius 2 is 2.16 bits per heavy atom. The van der Waals surface area contributed by atoms with Gasteiger partial charge in [-0.2, -0.15) is 0 Å². The first-order valence-corrected chi connectivity index (χ1v) is 8.01. The minimum Gasteiger partial charge on any atom is -0.491 e. The van der Waals surface area contributed by atoms with Gasteiger partial charge >= 0.3 is 0 Å². The van der Waals surface area contributed by atoms with Crippen molar-refractivity contribution < 1.29 is 17.5 Å². The normalized spacial score (nSPS) is 10.7. The maximum Gasteiger partial charge on any atom is 0.153 e. The highest BCUT2D eigenvalue weighted by Crippen LogP contribution is 2.18. The minimum atomic E-state index is -3.08. The fourth-order valence-electron chi connectivity index (χ4n) is 1.28. The standard InChI is InChI=1S/C13H14ClFO3S/c1-2-19(16,17)9-8-18-13-6-5-12(15)10-11(13)4-3-7-14/h5-6,10H,2,7-9H2,1H3. The molecular formula is C13H14ClFO3S. The first-order chi connectivity index (χ1) is 8.98. The Labute approximate surface area is 117 Å². The summed E-state index contributed by atoms with van der Waals surface area (Å²) >= 11 is 5.44. The van der Waals surface area contributed by atoms with E-state index < -0.39 is 15.7 Å². The Morgan fingerprint density at radius 3 is 2.79 bits per heavy atom. The smallest absolute Gasteiger partial charge is 0.153 e. The molecule has 0 heterocycles. The molecule has 0 radical (unpaired) electrons. The third-order valence-corrected chi connectivity index (χ3v) is 4.13. The summed E-state index contributed by atoms with van der Waals surface area (Å²) in [6, 6.07) is 3.88. The lowest BCUT2D eigenvalue weighted by Gasteiger charge is -2.08. The van der Waals surface area contributed by atoms with E-state index in [-0.39, 0.29) is 24.0 Å². The lowest BCUT2D eigenvalue weighted by Crippen LogP contribution is -2.15. The summed E-state index contributed by atoms with van der Waals surface area (Å²) < 4.78 is 41.1. The van der Waals surface area contributed by atoms with E-state index in [1.807, 2.05) is 0 Å². The molecule has 1 aromatic carbocycles. The number of ether oxygens (including phenoxy) is 1. The molecule has 0 spiro atoms. The van der Waals surface area contributed by atoms with Crippen molar-refractivity contribution in [3.63, 3.8) is 0 Å². The van der Waals surface area contributed by atoms with Gasteiger partial charge in [0.2, 0.25) is 0 Å². The summed E-state index contributed by atoms with van der Waals surface area (Å²) in [7, 11) is -3.08. The Kier molecular flexibility index (Phi) is 6.13. The zero-order chi connectivity index (χ0) is 14.3. The Bertz CT molecular complexity index is 588. The van der Waals surface area contributed by atoms with Gasteiger partial charge in [0.05, 0.1) is 17.2 Å². The van der Waals surface area contributed by atoms with Gasteiger partial charge in [-0.1, -0.05) is 18.8 Å². The van der Waals surface area contributed by atoms with Crippen LogP contribution in [0.25, 0.3) is 0 Å². The quantitative estimate of drug-likeness (QED) is 0.619. The van der Waals surface area contributed by atoms with Gasteiger partial charge in [-0.25, -0.2) is 12.8 Å². The number of hydrogen-bond acceptors (Lipinski definition) is 3. The van der Waals surface area contributed by atoms with Crippen LogP contribution in [0.4, 0.5) is 4.39 Å². The molecule has 19 heavy (non-hydrogen) atoms. The summed E-state index contributed by atoms with van der Waals surface area (Å²) in [5.74, 6) is 5.30. The molecule has 0 aliphatic carbocycles. The second kappa shape index (κ2) is 7.37. The van der Waals surface area contributed by atoms with Crippen molar-refractivity contribution in [1.82, 2.24) is 0 Å². The number of benzene rings is 1. The first kappa shape index (κ1) is 15.8. The number of halogens is 2. The van der Waals surface area contributed by atoms with Gasteiger partial charge in [0.25, 0.3) is 0 Å². The topological polar surface area (TPSA) is 43.4 Å². The van der Waals surface area contributed by atoms with E-state index >= 15 is 0 Å². The van der Waals surface area contributed by atoms with Gasteiger partial charge in [-0.15, -0.1) is 11.6 Å². The first-order valence-electron chi connectivity index (χ1n) is 5.66. The highest BCUT2D eigenvalue weighted by Gasteiger charge is 2.09. The van der Waals surface area contributed by atoms with Gasteiger partial charge in [0, 0.05) is 5.75 Å². The maximum absolute atomic E-state index is 13.1. The second-order valence-electron chi connectivity index (χ2n) is 3.66. The van der Waals surface area contributed by atoms with Crippen molar-refractivity contribution in [1.29, 1.82) is 0 Å². The molecule has 0 atom stereocenters. The number of sulfone groups is 1. The van der Waals surface area contributed by atoms with E-state index in [1.54, 1.807) is 6.92 Å². The van der Waals surface area contributed by atoms with Crippen LogP contribution in [-0.4, -0.2) is 32.4 Å². The number of hydrogen-bond donors (Lipinski definition) is 0. The molecule has 104 valence electrons. The van der Waals surface area contributed by atoms with E-state index in [1.165, 1.54) is 18.2 Å². The van der Waals surface area contributed by atoms with Crippen LogP contribution in [0, 0.1) is 17.7 Å². The van der Waals surface area contributed by atoms with Gasteiger partial charge < -0.3 is 4.74 Å². The molecule has 0 saturated carbocycles. The van der Waals surface area contributed by atoms with Crippen LogP contribution < -0.4 is 4.74 Å². The lowest BCUT2D eigenvalue weighted by atomic mass is 10.2. The van der Waals surface area contributed by atoms with Crippen LogP contribution in [0.5, 0.6) is 5.75 Å². The van der Waals surface area contributed by atoms with Crippen molar-refractivity contribution in [2.45, 2.75) is 6.92 Å². The average molecular weight is 305 g/mol. The molecule has 1 aromatic rings. The lowest BCUT2D eigenvalue weighted by molar-refractivity contribution is 0.339. The van der Waals surface area contributed by atoms with Gasteiger partial charge in [0.1, 0.15) is 18.2 Å². The molecule has 0 aromatic heterocycles. The van der Waals surface area contributed by atoms with Crippen molar-refractivity contribution in [3.8, 4) is 17.6 Å². The molecule has 0 amide bonds. The van der Waals surface area contributed by atoms with Crippen LogP contribution >= 0.6 is 11.6 Å². The van der Waals surface area contributed by atoms with E-state index in [9.17, 15) is 12.8 Å². The Morgan fingerprint density at radius 1 is 1.42 bits per heavy atom. The molecule has 0 bridgehead atoms. The third-order valence-electron chi connectivity index (χ3n) is 2.32. The molecule has 0 aliphatic heterocycles. The highest BCUT2D eigenvalue weighted by atomic mass is 35.5. The van der Waals surface area contributed by atoms with Crippen LogP contribution in [-0.2, 0) is 9.84 Å². The summed E-state index contributed by atoms with van der Waals surface area (Å²) in [5.41, 5.74) is 0.356. The Hall–Kier alpha value is -1.25. The fourth-order valence-corrected chi connectivity index (χ4v) is 1.97. The molecule has 1 rings (SSSR count). The number of alkyl halides is 1. The van der Waals surface area contributed by atoms with E-state index in [2.05, 4.69) is 11.8 Å². The molecule has 0 saturated heterocycles. The summed E-state index contributed by atoms with van der Waals surface area (Å²) in [6.07, 6.45) is 0. The van der Waals surface area contributed by atoms with Crippen molar-refractivity contribution >= 4 is 21.4 Å². The molecule has 0 fully saturated rings. The molecule has 3 nitrogen and oxygen atoms in total. The molecule has 6 heteroatoms. The minimum absolute atomic E-state index is 0.0113. The zero-order valence-electron chi connectivity index (χ0n) is 10.4. The molecule has 0 unspecified atom stereocenters. The number of rotatable bonds is 5. The molecule has 0 N–H and O–H groups in total. The summed E-state index contributed by atoms with van der Waals surface area (Å²) in [5, 5.41) is 0. The highest BCUT2D eigenvalue weighted by molar-refractivity contribution is 7.91. The van der Waals surface area contributed by atoms with Crippen molar-refractivity contribution in [3.05, 3.63) is 29.6 Å². The van der Waals surface area contributed by atoms with Gasteiger partial charge in [-0.05, 0) is 18.2 Å². The van der Waals surface area contributed by atoms with Gasteiger partial charge in [0.15, 0.2) is 9.84 Å². The van der Waals surface area contributed by atoms with Gasteiger partial charge in [-0.3, -0.25) is 0 Å². The van der Waals surface area contributed by atoms with Crippen LogP contribution in [0.2, 0.25) is 0 Å². The van der Waals surface area contributed by atoms with Crippen LogP contribution in [0.1, 0.15) is 12.5 Å². The summed E-state index contributed by atoms with van der Waals surface area (Å²) in [6.45, 7) is 1.59. The zero-order valence-corrected chi connectivity index (χ0v) is 12.0. The second-order valence-corrected chi connectivity index (χ2v) is 6.40. The van der Waals surface area contributed by atoms with Crippen molar-refractivity contribution in [2.24, 2.45) is 0 Å². The van der Waals surface area contributed by atoms with Crippen LogP contribution in [0.15, 0.2) is 18.2 Å². The Balaban J connectivity index is 2.78. The molecule has 0 aliphatic rings.